The van der Waals surface area contributed by atoms with E-state index in [1.54, 1.807) is 32.9 Å². The van der Waals surface area contributed by atoms with E-state index in [0.29, 0.717) is 34.4 Å². The Morgan fingerprint density at radius 2 is 1.93 bits per heavy atom. The lowest BCUT2D eigenvalue weighted by atomic mass is 10.1. The van der Waals surface area contributed by atoms with Gasteiger partial charge in [-0.3, -0.25) is 0 Å². The Balaban J connectivity index is 2.20. The monoisotopic (exact) mass is 429 g/mol. The third kappa shape index (κ3) is 5.75. The Labute approximate surface area is 174 Å². The summed E-state index contributed by atoms with van der Waals surface area (Å²) < 4.78 is 7.15. The highest BCUT2D eigenvalue weighted by Gasteiger charge is 2.25. The lowest BCUT2D eigenvalue weighted by Crippen LogP contribution is -2.43. The molecule has 1 heterocycles. The number of carboxylic acid groups (broad SMARTS) is 1. The molecule has 0 fully saturated rings. The number of aliphatic carboxylic acids is 1. The number of carbonyl (C=O) groups excluding carboxylic acids is 1. The van der Waals surface area contributed by atoms with Gasteiger partial charge in [0, 0.05) is 13.0 Å². The first-order valence-electron chi connectivity index (χ1n) is 9.08. The minimum absolute atomic E-state index is 0.170. The standard InChI is InChI=1S/C19H25Cl2N3O4/c1-5-8-24-15-10-12(21)11(20)9-14(15)22-16(24)7-6-13(17(25)26)23-18(27)28-19(2,3)4/h9-10,13H,5-8H2,1-4H3,(H,23,27)(H,25,26). The summed E-state index contributed by atoms with van der Waals surface area (Å²) >= 11 is 12.2. The van der Waals surface area contributed by atoms with Crippen LogP contribution in [0.25, 0.3) is 11.0 Å². The Bertz CT molecular complexity index is 874. The Morgan fingerprint density at radius 3 is 2.50 bits per heavy atom. The molecule has 1 atom stereocenters. The number of halogens is 2. The Hall–Kier alpha value is -1.99. The first-order valence-corrected chi connectivity index (χ1v) is 9.84. The molecule has 0 saturated heterocycles. The van der Waals surface area contributed by atoms with Crippen LogP contribution < -0.4 is 5.32 Å². The maximum Gasteiger partial charge on any atom is 0.408 e. The van der Waals surface area contributed by atoms with E-state index in [9.17, 15) is 14.7 Å². The zero-order valence-corrected chi connectivity index (χ0v) is 17.9. The third-order valence-electron chi connectivity index (χ3n) is 3.96. The molecule has 28 heavy (non-hydrogen) atoms. The van der Waals surface area contributed by atoms with Crippen LogP contribution in [0.5, 0.6) is 0 Å². The highest BCUT2D eigenvalue weighted by atomic mass is 35.5. The number of hydrogen-bond acceptors (Lipinski definition) is 4. The summed E-state index contributed by atoms with van der Waals surface area (Å²) in [6.07, 6.45) is 0.636. The zero-order chi connectivity index (χ0) is 21.1. The van der Waals surface area contributed by atoms with Crippen molar-refractivity contribution in [3.05, 3.63) is 28.0 Å². The second-order valence-electron chi connectivity index (χ2n) is 7.51. The van der Waals surface area contributed by atoms with Crippen molar-refractivity contribution in [3.8, 4) is 0 Å². The molecule has 0 aliphatic heterocycles. The number of aromatic nitrogens is 2. The molecule has 1 amide bonds. The van der Waals surface area contributed by atoms with Gasteiger partial charge in [-0.2, -0.15) is 0 Å². The SMILES string of the molecule is CCCn1c(CCC(NC(=O)OC(C)(C)C)C(=O)O)nc2cc(Cl)c(Cl)cc21. The molecule has 0 bridgehead atoms. The number of benzene rings is 1. The predicted octanol–water partition coefficient (Wildman–Crippen LogP) is 4.66. The van der Waals surface area contributed by atoms with Crippen molar-refractivity contribution in [2.75, 3.05) is 0 Å². The summed E-state index contributed by atoms with van der Waals surface area (Å²) in [4.78, 5) is 28.1. The van der Waals surface area contributed by atoms with E-state index >= 15 is 0 Å². The fourth-order valence-corrected chi connectivity index (χ4v) is 3.13. The minimum atomic E-state index is -1.13. The Kier molecular flexibility index (Phi) is 7.17. The van der Waals surface area contributed by atoms with Crippen LogP contribution in [-0.2, 0) is 22.5 Å². The summed E-state index contributed by atoms with van der Waals surface area (Å²) in [6, 6.07) is 2.37. The predicted molar refractivity (Wildman–Crippen MR) is 109 cm³/mol. The van der Waals surface area contributed by atoms with Gasteiger partial charge in [0.05, 0.1) is 21.1 Å². The molecule has 1 unspecified atom stereocenters. The van der Waals surface area contributed by atoms with Crippen LogP contribution in [-0.4, -0.2) is 38.4 Å². The Morgan fingerprint density at radius 1 is 1.29 bits per heavy atom. The van der Waals surface area contributed by atoms with E-state index in [4.69, 9.17) is 27.9 Å². The van der Waals surface area contributed by atoms with Gasteiger partial charge in [0.1, 0.15) is 17.5 Å². The molecule has 2 rings (SSSR count). The van der Waals surface area contributed by atoms with Crippen molar-refractivity contribution in [2.24, 2.45) is 0 Å². The molecule has 1 aromatic carbocycles. The largest absolute Gasteiger partial charge is 0.480 e. The number of imidazole rings is 1. The van der Waals surface area contributed by atoms with Gasteiger partial charge in [0.25, 0.3) is 0 Å². The zero-order valence-electron chi connectivity index (χ0n) is 16.4. The van der Waals surface area contributed by atoms with Crippen LogP contribution in [0.4, 0.5) is 4.79 Å². The van der Waals surface area contributed by atoms with Gasteiger partial charge in [-0.05, 0) is 45.7 Å². The number of carbonyl (C=O) groups is 2. The fourth-order valence-electron chi connectivity index (χ4n) is 2.81. The van der Waals surface area contributed by atoms with Crippen LogP contribution in [0.2, 0.25) is 10.0 Å². The van der Waals surface area contributed by atoms with Gasteiger partial charge < -0.3 is 19.7 Å². The second kappa shape index (κ2) is 9.01. The molecule has 0 saturated carbocycles. The summed E-state index contributed by atoms with van der Waals surface area (Å²) in [5.41, 5.74) is 0.837. The van der Waals surface area contributed by atoms with Crippen molar-refractivity contribution in [3.63, 3.8) is 0 Å². The van der Waals surface area contributed by atoms with E-state index in [1.165, 1.54) is 0 Å². The maximum atomic E-state index is 11.9. The van der Waals surface area contributed by atoms with Crippen molar-refractivity contribution >= 4 is 46.3 Å². The van der Waals surface area contributed by atoms with Crippen molar-refractivity contribution in [2.45, 2.75) is 65.1 Å². The maximum absolute atomic E-state index is 11.9. The minimum Gasteiger partial charge on any atom is -0.480 e. The number of nitrogens with one attached hydrogen (secondary N) is 1. The van der Waals surface area contributed by atoms with Gasteiger partial charge in [-0.25, -0.2) is 14.6 Å². The molecule has 7 nitrogen and oxygen atoms in total. The molecule has 2 aromatic rings. The number of fused-ring (bicyclic) bond motifs is 1. The first kappa shape index (κ1) is 22.3. The van der Waals surface area contributed by atoms with Crippen molar-refractivity contribution in [1.82, 2.24) is 14.9 Å². The summed E-state index contributed by atoms with van der Waals surface area (Å²) in [7, 11) is 0. The van der Waals surface area contributed by atoms with E-state index in [-0.39, 0.29) is 6.42 Å². The number of amides is 1. The molecule has 0 aliphatic rings. The number of hydrogen-bond donors (Lipinski definition) is 2. The highest BCUT2D eigenvalue weighted by molar-refractivity contribution is 6.42. The molecule has 9 heteroatoms. The molecule has 0 aliphatic carbocycles. The average Bonchev–Trinajstić information content (AvgIpc) is 2.87. The van der Waals surface area contributed by atoms with Gasteiger partial charge in [0.2, 0.25) is 0 Å². The summed E-state index contributed by atoms with van der Waals surface area (Å²) in [5, 5.41) is 12.7. The normalized spacial score (nSPS) is 12.8. The van der Waals surface area contributed by atoms with Crippen LogP contribution >= 0.6 is 23.2 Å². The number of nitrogens with zero attached hydrogens (tertiary/aromatic N) is 2. The van der Waals surface area contributed by atoms with Gasteiger partial charge in [-0.15, -0.1) is 0 Å². The lowest BCUT2D eigenvalue weighted by Gasteiger charge is -2.22. The number of ether oxygens (including phenoxy) is 1. The first-order chi connectivity index (χ1) is 13.0. The molecular formula is C19H25Cl2N3O4. The van der Waals surface area contributed by atoms with Gasteiger partial charge in [0.15, 0.2) is 0 Å². The second-order valence-corrected chi connectivity index (χ2v) is 8.32. The molecule has 154 valence electrons. The number of alkyl carbamates (subject to hydrolysis) is 1. The summed E-state index contributed by atoms with van der Waals surface area (Å²) in [6.45, 7) is 7.89. The van der Waals surface area contributed by atoms with Gasteiger partial charge in [-0.1, -0.05) is 30.1 Å². The van der Waals surface area contributed by atoms with Crippen LogP contribution in [0.1, 0.15) is 46.4 Å². The van der Waals surface area contributed by atoms with Crippen LogP contribution in [0, 0.1) is 0 Å². The molecule has 1 aromatic heterocycles. The van der Waals surface area contributed by atoms with Crippen LogP contribution in [0.3, 0.4) is 0 Å². The van der Waals surface area contributed by atoms with E-state index in [2.05, 4.69) is 10.3 Å². The average molecular weight is 430 g/mol. The van der Waals surface area contributed by atoms with Crippen LogP contribution in [0.15, 0.2) is 12.1 Å². The smallest absolute Gasteiger partial charge is 0.408 e. The van der Waals surface area contributed by atoms with Crippen molar-refractivity contribution < 1.29 is 19.4 Å². The highest BCUT2D eigenvalue weighted by Crippen LogP contribution is 2.29. The van der Waals surface area contributed by atoms with E-state index < -0.39 is 23.7 Å². The third-order valence-corrected chi connectivity index (χ3v) is 4.68. The van der Waals surface area contributed by atoms with E-state index in [0.717, 1.165) is 11.9 Å². The summed E-state index contributed by atoms with van der Waals surface area (Å²) in [5.74, 6) is -0.414. The van der Waals surface area contributed by atoms with Gasteiger partial charge >= 0.3 is 12.1 Å². The quantitative estimate of drug-likeness (QED) is 0.666. The van der Waals surface area contributed by atoms with Crippen molar-refractivity contribution in [1.29, 1.82) is 0 Å². The number of aryl methyl sites for hydroxylation is 2. The number of rotatable bonds is 7. The fraction of sp³-hybridized carbons (Fsp3) is 0.526. The molecule has 0 radical (unpaired) electrons. The topological polar surface area (TPSA) is 93.5 Å². The molecular weight excluding hydrogens is 405 g/mol. The lowest BCUT2D eigenvalue weighted by molar-refractivity contribution is -0.139. The molecule has 0 spiro atoms. The molecule has 2 N–H and O–H groups in total. The van der Waals surface area contributed by atoms with E-state index in [1.807, 2.05) is 11.5 Å². The number of carboxylic acids is 1.